The van der Waals surface area contributed by atoms with Gasteiger partial charge >= 0.3 is 0 Å². The van der Waals surface area contributed by atoms with Crippen LogP contribution in [-0.2, 0) is 0 Å². The van der Waals surface area contributed by atoms with Crippen LogP contribution < -0.4 is 0 Å². The van der Waals surface area contributed by atoms with Crippen LogP contribution >= 0.6 is 22.7 Å². The molecule has 0 aliphatic heterocycles. The van der Waals surface area contributed by atoms with Crippen LogP contribution in [-0.4, -0.2) is 11.6 Å². The van der Waals surface area contributed by atoms with Gasteiger partial charge < -0.3 is 0 Å². The monoisotopic (exact) mass is 224 g/mol. The Bertz CT molecular complexity index is 519. The molecule has 4 heteroatoms. The Kier molecular flexibility index (Phi) is 2.25. The number of rotatable bonds is 2. The maximum atomic E-state index is 11.4. The summed E-state index contributed by atoms with van der Waals surface area (Å²) in [6, 6.07) is 0. The molecule has 2 nitrogen and oxygen atoms in total. The van der Waals surface area contributed by atoms with Gasteiger partial charge in [-0.1, -0.05) is 0 Å². The lowest BCUT2D eigenvalue weighted by atomic mass is 10.1. The van der Waals surface area contributed by atoms with E-state index in [1.807, 2.05) is 10.8 Å². The first-order valence-corrected chi connectivity index (χ1v) is 5.87. The van der Waals surface area contributed by atoms with Gasteiger partial charge in [0.25, 0.3) is 0 Å². The highest BCUT2D eigenvalue weighted by Gasteiger charge is 2.18. The topological polar surface area (TPSA) is 34.1 Å². The van der Waals surface area contributed by atoms with Crippen LogP contribution in [0.1, 0.15) is 33.9 Å². The molecule has 2 rings (SSSR count). The third-order valence-corrected chi connectivity index (χ3v) is 4.15. The van der Waals surface area contributed by atoms with E-state index < -0.39 is 0 Å². The lowest BCUT2D eigenvalue weighted by molar-refractivity contribution is 0.0985. The van der Waals surface area contributed by atoms with Gasteiger partial charge in [0.15, 0.2) is 11.6 Å². The van der Waals surface area contributed by atoms with Crippen molar-refractivity contribution in [3.05, 3.63) is 21.2 Å². The van der Waals surface area contributed by atoms with Crippen molar-refractivity contribution in [2.75, 3.05) is 0 Å². The molecule has 0 saturated heterocycles. The second-order valence-corrected chi connectivity index (χ2v) is 4.86. The SMILES string of the molecule is CC(=O)c1sc2cscc2c1C(C)=O. The van der Waals surface area contributed by atoms with E-state index in [9.17, 15) is 9.59 Å². The number of carbonyl (C=O) groups is 2. The van der Waals surface area contributed by atoms with Gasteiger partial charge in [-0.3, -0.25) is 9.59 Å². The summed E-state index contributed by atoms with van der Waals surface area (Å²) in [5.74, 6) is -0.0544. The Labute approximate surface area is 89.2 Å². The number of thiophene rings is 2. The summed E-state index contributed by atoms with van der Waals surface area (Å²) in [7, 11) is 0. The molecule has 0 radical (unpaired) electrons. The predicted octanol–water partition coefficient (Wildman–Crippen LogP) is 3.37. The number of carbonyl (C=O) groups excluding carboxylic acids is 2. The van der Waals surface area contributed by atoms with Crippen molar-refractivity contribution in [3.8, 4) is 0 Å². The van der Waals surface area contributed by atoms with Crippen LogP contribution in [0.2, 0.25) is 0 Å². The first-order chi connectivity index (χ1) is 6.61. The molecular formula is C10H8O2S2. The third-order valence-electron chi connectivity index (χ3n) is 2.01. The molecule has 0 aliphatic rings. The fourth-order valence-electron chi connectivity index (χ4n) is 1.43. The molecule has 2 heterocycles. The van der Waals surface area contributed by atoms with Crippen LogP contribution in [0, 0.1) is 0 Å². The minimum atomic E-state index is -0.0279. The Balaban J connectivity index is 2.82. The largest absolute Gasteiger partial charge is 0.294 e. The van der Waals surface area contributed by atoms with Crippen LogP contribution in [0.25, 0.3) is 10.1 Å². The molecule has 0 aromatic carbocycles. The summed E-state index contributed by atoms with van der Waals surface area (Å²) in [5, 5.41) is 4.83. The molecule has 72 valence electrons. The van der Waals surface area contributed by atoms with Crippen molar-refractivity contribution in [1.29, 1.82) is 0 Å². The maximum Gasteiger partial charge on any atom is 0.170 e. The van der Waals surface area contributed by atoms with E-state index in [4.69, 9.17) is 0 Å². The van der Waals surface area contributed by atoms with Crippen molar-refractivity contribution in [2.45, 2.75) is 13.8 Å². The Morgan fingerprint density at radius 1 is 1.14 bits per heavy atom. The summed E-state index contributed by atoms with van der Waals surface area (Å²) in [4.78, 5) is 23.3. The number of hydrogen-bond donors (Lipinski definition) is 0. The smallest absolute Gasteiger partial charge is 0.170 e. The molecule has 0 fully saturated rings. The fourth-order valence-corrected chi connectivity index (χ4v) is 3.55. The maximum absolute atomic E-state index is 11.4. The number of hydrogen-bond acceptors (Lipinski definition) is 4. The zero-order chi connectivity index (χ0) is 10.3. The highest BCUT2D eigenvalue weighted by atomic mass is 32.1. The molecule has 0 spiro atoms. The summed E-state index contributed by atoms with van der Waals surface area (Å²) in [6.07, 6.45) is 0. The molecule has 0 amide bonds. The molecule has 0 atom stereocenters. The minimum Gasteiger partial charge on any atom is -0.294 e. The normalized spacial score (nSPS) is 10.7. The number of ketones is 2. The summed E-state index contributed by atoms with van der Waals surface area (Å²) in [6.45, 7) is 3.01. The van der Waals surface area contributed by atoms with Crippen molar-refractivity contribution >= 4 is 44.3 Å². The van der Waals surface area contributed by atoms with E-state index in [0.29, 0.717) is 10.4 Å². The molecule has 2 aromatic heterocycles. The Morgan fingerprint density at radius 3 is 2.43 bits per heavy atom. The summed E-state index contributed by atoms with van der Waals surface area (Å²) in [5.41, 5.74) is 0.596. The molecule has 0 aliphatic carbocycles. The van der Waals surface area contributed by atoms with Gasteiger partial charge in [-0.15, -0.1) is 11.3 Å². The van der Waals surface area contributed by atoms with Crippen molar-refractivity contribution in [1.82, 2.24) is 0 Å². The van der Waals surface area contributed by atoms with Gasteiger partial charge in [0.2, 0.25) is 0 Å². The van der Waals surface area contributed by atoms with E-state index >= 15 is 0 Å². The van der Waals surface area contributed by atoms with E-state index in [1.54, 1.807) is 11.3 Å². The highest BCUT2D eigenvalue weighted by molar-refractivity contribution is 7.24. The van der Waals surface area contributed by atoms with Crippen molar-refractivity contribution in [2.24, 2.45) is 0 Å². The second kappa shape index (κ2) is 3.29. The first-order valence-electron chi connectivity index (χ1n) is 4.12. The van der Waals surface area contributed by atoms with E-state index in [0.717, 1.165) is 10.1 Å². The van der Waals surface area contributed by atoms with Crippen molar-refractivity contribution in [3.63, 3.8) is 0 Å². The molecule has 0 bridgehead atoms. The molecular weight excluding hydrogens is 216 g/mol. The molecule has 0 unspecified atom stereocenters. The van der Waals surface area contributed by atoms with Gasteiger partial charge in [-0.25, -0.2) is 0 Å². The third kappa shape index (κ3) is 1.31. The highest BCUT2D eigenvalue weighted by Crippen LogP contribution is 2.34. The Morgan fingerprint density at radius 2 is 1.86 bits per heavy atom. The zero-order valence-electron chi connectivity index (χ0n) is 7.79. The average Bonchev–Trinajstić information content (AvgIpc) is 2.58. The summed E-state index contributed by atoms with van der Waals surface area (Å²) >= 11 is 2.97. The Hall–Kier alpha value is -1.00. The lowest BCUT2D eigenvalue weighted by Gasteiger charge is -1.94. The minimum absolute atomic E-state index is 0.0265. The number of fused-ring (bicyclic) bond motifs is 1. The molecule has 14 heavy (non-hydrogen) atoms. The molecule has 0 saturated carbocycles. The van der Waals surface area contributed by atoms with Crippen LogP contribution in [0.3, 0.4) is 0 Å². The standard InChI is InChI=1S/C10H8O2S2/c1-5(11)9-7-3-13-4-8(7)14-10(9)6(2)12/h3-4H,1-2H3. The zero-order valence-corrected chi connectivity index (χ0v) is 9.42. The van der Waals surface area contributed by atoms with E-state index in [-0.39, 0.29) is 11.6 Å². The van der Waals surface area contributed by atoms with Gasteiger partial charge in [-0.2, -0.15) is 11.3 Å². The second-order valence-electron chi connectivity index (χ2n) is 3.07. The van der Waals surface area contributed by atoms with Crippen LogP contribution in [0.4, 0.5) is 0 Å². The fraction of sp³-hybridized carbons (Fsp3) is 0.200. The van der Waals surface area contributed by atoms with Gasteiger partial charge in [0.05, 0.1) is 4.88 Å². The van der Waals surface area contributed by atoms with E-state index in [2.05, 4.69) is 0 Å². The predicted molar refractivity (Wildman–Crippen MR) is 59.7 cm³/mol. The van der Waals surface area contributed by atoms with Crippen LogP contribution in [0.15, 0.2) is 10.8 Å². The van der Waals surface area contributed by atoms with Gasteiger partial charge in [0, 0.05) is 26.4 Å². The molecule has 2 aromatic rings. The lowest BCUT2D eigenvalue weighted by Crippen LogP contribution is -1.98. The quantitative estimate of drug-likeness (QED) is 0.733. The summed E-state index contributed by atoms with van der Waals surface area (Å²) < 4.78 is 1.03. The van der Waals surface area contributed by atoms with Gasteiger partial charge in [0.1, 0.15) is 0 Å². The number of Topliss-reactive ketones (excluding diaryl/α,β-unsaturated/α-hetero) is 2. The van der Waals surface area contributed by atoms with Gasteiger partial charge in [-0.05, 0) is 13.8 Å². The first kappa shape index (κ1) is 9.55. The van der Waals surface area contributed by atoms with E-state index in [1.165, 1.54) is 25.2 Å². The van der Waals surface area contributed by atoms with Crippen molar-refractivity contribution < 1.29 is 9.59 Å². The average molecular weight is 224 g/mol. The molecule has 0 N–H and O–H groups in total. The van der Waals surface area contributed by atoms with Crippen LogP contribution in [0.5, 0.6) is 0 Å².